The van der Waals surface area contributed by atoms with Gasteiger partial charge < -0.3 is 0 Å². The van der Waals surface area contributed by atoms with Crippen LogP contribution in [0.5, 0.6) is 0 Å². The lowest BCUT2D eigenvalue weighted by atomic mass is 10.2. The van der Waals surface area contributed by atoms with Gasteiger partial charge in [0.15, 0.2) is 0 Å². The summed E-state index contributed by atoms with van der Waals surface area (Å²) < 4.78 is 25.6. The monoisotopic (exact) mass is 296 g/mol. The molecule has 1 unspecified atom stereocenters. The zero-order valence-corrected chi connectivity index (χ0v) is 13.0. The topological polar surface area (TPSA) is 40.6 Å². The van der Waals surface area contributed by atoms with Crippen LogP contribution in [0.4, 0.5) is 0 Å². The van der Waals surface area contributed by atoms with Crippen LogP contribution in [0.2, 0.25) is 0 Å². The predicted molar refractivity (Wildman–Crippen MR) is 76.6 cm³/mol. The molecule has 108 valence electrons. The molecule has 1 aliphatic rings. The summed E-state index contributed by atoms with van der Waals surface area (Å²) in [5.41, 5.74) is 0. The average Bonchev–Trinajstić information content (AvgIpc) is 2.76. The van der Waals surface area contributed by atoms with Crippen molar-refractivity contribution in [3.8, 4) is 0 Å². The zero-order valence-electron chi connectivity index (χ0n) is 11.4. The minimum Gasteiger partial charge on any atom is -0.299 e. The van der Waals surface area contributed by atoms with E-state index in [1.165, 1.54) is 10.7 Å². The molecule has 0 aliphatic carbocycles. The van der Waals surface area contributed by atoms with E-state index in [0.29, 0.717) is 24.9 Å². The summed E-state index contributed by atoms with van der Waals surface area (Å²) in [6, 6.07) is 0.391. The molecule has 6 heteroatoms. The SMILES string of the molecule is CCN1CCCC1CN(C)S(=O)(=O)CCCCCl. The molecule has 1 rings (SSSR count). The number of halogens is 1. The van der Waals surface area contributed by atoms with Crippen LogP contribution in [0.3, 0.4) is 0 Å². The van der Waals surface area contributed by atoms with Crippen molar-refractivity contribution in [1.82, 2.24) is 9.21 Å². The molecule has 0 aromatic rings. The molecule has 0 radical (unpaired) electrons. The third kappa shape index (κ3) is 4.68. The fourth-order valence-corrected chi connectivity index (χ4v) is 3.93. The summed E-state index contributed by atoms with van der Waals surface area (Å²) in [7, 11) is -1.41. The van der Waals surface area contributed by atoms with Crippen molar-refractivity contribution in [1.29, 1.82) is 0 Å². The van der Waals surface area contributed by atoms with E-state index in [1.54, 1.807) is 7.05 Å². The maximum absolute atomic E-state index is 12.1. The number of likely N-dealkylation sites (tertiary alicyclic amines) is 1. The second kappa shape index (κ2) is 7.68. The highest BCUT2D eigenvalue weighted by atomic mass is 35.5. The summed E-state index contributed by atoms with van der Waals surface area (Å²) in [4.78, 5) is 2.37. The Morgan fingerprint density at radius 2 is 2.11 bits per heavy atom. The largest absolute Gasteiger partial charge is 0.299 e. The maximum atomic E-state index is 12.1. The van der Waals surface area contributed by atoms with E-state index in [1.807, 2.05) is 0 Å². The Morgan fingerprint density at radius 3 is 2.72 bits per heavy atom. The molecule has 0 N–H and O–H groups in total. The zero-order chi connectivity index (χ0) is 13.6. The summed E-state index contributed by atoms with van der Waals surface area (Å²) in [6.45, 7) is 4.86. The Hall–Kier alpha value is 0.160. The van der Waals surface area contributed by atoms with E-state index in [-0.39, 0.29) is 5.75 Å². The van der Waals surface area contributed by atoms with Gasteiger partial charge in [-0.15, -0.1) is 11.6 Å². The van der Waals surface area contributed by atoms with Gasteiger partial charge in [-0.1, -0.05) is 6.92 Å². The van der Waals surface area contributed by atoms with Crippen LogP contribution < -0.4 is 0 Å². The van der Waals surface area contributed by atoms with Crippen LogP contribution in [0, 0.1) is 0 Å². The number of alkyl halides is 1. The van der Waals surface area contributed by atoms with E-state index < -0.39 is 10.0 Å². The van der Waals surface area contributed by atoms with Gasteiger partial charge in [0.25, 0.3) is 0 Å². The first kappa shape index (κ1) is 16.2. The van der Waals surface area contributed by atoms with E-state index in [0.717, 1.165) is 25.9 Å². The van der Waals surface area contributed by atoms with Gasteiger partial charge in [0.1, 0.15) is 0 Å². The molecule has 4 nitrogen and oxygen atoms in total. The van der Waals surface area contributed by atoms with Crippen LogP contribution in [0.1, 0.15) is 32.6 Å². The Labute approximate surface area is 116 Å². The minimum absolute atomic E-state index is 0.217. The molecule has 18 heavy (non-hydrogen) atoms. The summed E-state index contributed by atoms with van der Waals surface area (Å²) in [5, 5.41) is 0. The van der Waals surface area contributed by atoms with E-state index in [2.05, 4.69) is 11.8 Å². The van der Waals surface area contributed by atoms with E-state index >= 15 is 0 Å². The highest BCUT2D eigenvalue weighted by molar-refractivity contribution is 7.89. The van der Waals surface area contributed by atoms with Crippen LogP contribution in [0.25, 0.3) is 0 Å². The average molecular weight is 297 g/mol. The second-order valence-corrected chi connectivity index (χ2v) is 7.49. The highest BCUT2D eigenvalue weighted by Crippen LogP contribution is 2.18. The lowest BCUT2D eigenvalue weighted by Gasteiger charge is -2.27. The van der Waals surface area contributed by atoms with Gasteiger partial charge in [0.2, 0.25) is 10.0 Å². The van der Waals surface area contributed by atoms with Gasteiger partial charge in [0.05, 0.1) is 5.75 Å². The number of hydrogen-bond donors (Lipinski definition) is 0. The molecule has 0 amide bonds. The Morgan fingerprint density at radius 1 is 1.39 bits per heavy atom. The van der Waals surface area contributed by atoms with Crippen molar-refractivity contribution >= 4 is 21.6 Å². The maximum Gasteiger partial charge on any atom is 0.213 e. The predicted octanol–water partition coefficient (Wildman–Crippen LogP) is 1.75. The van der Waals surface area contributed by atoms with Crippen LogP contribution in [0.15, 0.2) is 0 Å². The van der Waals surface area contributed by atoms with E-state index in [4.69, 9.17) is 11.6 Å². The fraction of sp³-hybridized carbons (Fsp3) is 1.00. The lowest BCUT2D eigenvalue weighted by molar-refractivity contribution is 0.237. The standard InChI is InChI=1S/C12H25ClN2O2S/c1-3-15-9-6-7-12(15)11-14(2)18(16,17)10-5-4-8-13/h12H,3-11H2,1-2H3. The summed E-state index contributed by atoms with van der Waals surface area (Å²) in [6.07, 6.45) is 3.70. The van der Waals surface area contributed by atoms with Crippen LogP contribution in [-0.2, 0) is 10.0 Å². The Kier molecular flexibility index (Phi) is 6.92. The van der Waals surface area contributed by atoms with Crippen LogP contribution >= 0.6 is 11.6 Å². The van der Waals surface area contributed by atoms with Gasteiger partial charge in [-0.25, -0.2) is 12.7 Å². The quantitative estimate of drug-likeness (QED) is 0.506. The number of hydrogen-bond acceptors (Lipinski definition) is 3. The normalized spacial score (nSPS) is 21.9. The third-order valence-corrected chi connectivity index (χ3v) is 5.80. The van der Waals surface area contributed by atoms with Crippen molar-refractivity contribution in [2.75, 3.05) is 38.3 Å². The third-order valence-electron chi connectivity index (χ3n) is 3.63. The number of sulfonamides is 1. The number of nitrogens with zero attached hydrogens (tertiary/aromatic N) is 2. The molecule has 1 heterocycles. The molecule has 1 fully saturated rings. The smallest absolute Gasteiger partial charge is 0.213 e. The highest BCUT2D eigenvalue weighted by Gasteiger charge is 2.27. The molecular weight excluding hydrogens is 272 g/mol. The first-order valence-corrected chi connectivity index (χ1v) is 8.89. The molecular formula is C12H25ClN2O2S. The van der Waals surface area contributed by atoms with Gasteiger partial charge in [-0.3, -0.25) is 4.90 Å². The van der Waals surface area contributed by atoms with E-state index in [9.17, 15) is 8.42 Å². The molecule has 0 aromatic heterocycles. The Bertz CT molecular complexity index is 335. The van der Waals surface area contributed by atoms with Crippen molar-refractivity contribution < 1.29 is 8.42 Å². The van der Waals surface area contributed by atoms with Gasteiger partial charge in [-0.2, -0.15) is 0 Å². The minimum atomic E-state index is -3.10. The van der Waals surface area contributed by atoms with Crippen LogP contribution in [-0.4, -0.2) is 62.0 Å². The van der Waals surface area contributed by atoms with Gasteiger partial charge in [-0.05, 0) is 38.8 Å². The molecule has 1 atom stereocenters. The summed E-state index contributed by atoms with van der Waals surface area (Å²) >= 11 is 5.57. The summed E-state index contributed by atoms with van der Waals surface area (Å²) in [5.74, 6) is 0.751. The molecule has 0 saturated carbocycles. The first-order valence-electron chi connectivity index (χ1n) is 6.75. The van der Waals surface area contributed by atoms with Crippen molar-refractivity contribution in [3.05, 3.63) is 0 Å². The molecule has 0 spiro atoms. The number of likely N-dealkylation sites (N-methyl/N-ethyl adjacent to an activating group) is 2. The van der Waals surface area contributed by atoms with Crippen molar-refractivity contribution in [2.45, 2.75) is 38.6 Å². The second-order valence-electron chi connectivity index (χ2n) is 4.92. The molecule has 0 aromatic carbocycles. The fourth-order valence-electron chi connectivity index (χ4n) is 2.46. The van der Waals surface area contributed by atoms with Crippen molar-refractivity contribution in [3.63, 3.8) is 0 Å². The Balaban J connectivity index is 2.45. The lowest BCUT2D eigenvalue weighted by Crippen LogP contribution is -2.41. The van der Waals surface area contributed by atoms with Gasteiger partial charge in [0, 0.05) is 25.5 Å². The molecule has 1 aliphatic heterocycles. The van der Waals surface area contributed by atoms with Gasteiger partial charge >= 0.3 is 0 Å². The molecule has 1 saturated heterocycles. The van der Waals surface area contributed by atoms with Crippen molar-refractivity contribution in [2.24, 2.45) is 0 Å². The number of rotatable bonds is 8. The number of unbranched alkanes of at least 4 members (excludes halogenated alkanes) is 1. The molecule has 0 bridgehead atoms. The first-order chi connectivity index (χ1) is 8.51.